The molecule has 1 fully saturated rings. The van der Waals surface area contributed by atoms with E-state index >= 15 is 0 Å². The largest absolute Gasteiger partial charge is 0.369 e. The molecule has 1 aliphatic rings. The van der Waals surface area contributed by atoms with Crippen molar-refractivity contribution < 1.29 is 4.74 Å². The summed E-state index contributed by atoms with van der Waals surface area (Å²) < 4.78 is 6.72. The molecule has 1 saturated heterocycles. The second-order valence-corrected chi connectivity index (χ2v) is 7.62. The molecule has 5 nitrogen and oxygen atoms in total. The molecule has 0 N–H and O–H groups in total. The van der Waals surface area contributed by atoms with Gasteiger partial charge in [0.15, 0.2) is 5.82 Å². The molecule has 0 spiro atoms. The van der Waals surface area contributed by atoms with Crippen LogP contribution in [0.1, 0.15) is 16.7 Å². The second-order valence-electron chi connectivity index (χ2n) is 5.87. The van der Waals surface area contributed by atoms with E-state index in [4.69, 9.17) is 21.3 Å². The number of aromatic nitrogens is 3. The number of thiophene rings is 1. The van der Waals surface area contributed by atoms with Gasteiger partial charge in [0.05, 0.1) is 17.5 Å². The van der Waals surface area contributed by atoms with Crippen molar-refractivity contribution in [3.8, 4) is 11.4 Å². The van der Waals surface area contributed by atoms with Crippen LogP contribution in [0.3, 0.4) is 0 Å². The van der Waals surface area contributed by atoms with Crippen molar-refractivity contribution in [2.24, 2.45) is 0 Å². The Bertz CT molecular complexity index is 871. The van der Waals surface area contributed by atoms with Gasteiger partial charge in [-0.3, -0.25) is 4.98 Å². The van der Waals surface area contributed by atoms with Crippen molar-refractivity contribution in [2.45, 2.75) is 13.0 Å². The summed E-state index contributed by atoms with van der Waals surface area (Å²) in [5.41, 5.74) is 1.91. The zero-order chi connectivity index (χ0) is 17.2. The van der Waals surface area contributed by atoms with Gasteiger partial charge in [0, 0.05) is 41.1 Å². The molecule has 1 atom stereocenters. The number of aryl methyl sites for hydroxylation is 1. The van der Waals surface area contributed by atoms with Gasteiger partial charge in [-0.2, -0.15) is 0 Å². The van der Waals surface area contributed by atoms with Gasteiger partial charge >= 0.3 is 0 Å². The maximum atomic E-state index is 6.07. The minimum atomic E-state index is 0.0193. The van der Waals surface area contributed by atoms with Crippen molar-refractivity contribution in [3.05, 3.63) is 57.6 Å². The number of hydrogen-bond acceptors (Lipinski definition) is 6. The third-order valence-corrected chi connectivity index (χ3v) is 5.40. The van der Waals surface area contributed by atoms with Crippen LogP contribution in [0, 0.1) is 6.92 Å². The van der Waals surface area contributed by atoms with Crippen LogP contribution in [0.25, 0.3) is 11.4 Å². The average Bonchev–Trinajstić information content (AvgIpc) is 3.08. The van der Waals surface area contributed by atoms with Crippen LogP contribution in [-0.2, 0) is 4.74 Å². The van der Waals surface area contributed by atoms with Crippen LogP contribution in [-0.4, -0.2) is 34.6 Å². The molecule has 3 aromatic rings. The molecule has 0 saturated carbocycles. The van der Waals surface area contributed by atoms with Crippen LogP contribution in [0.5, 0.6) is 0 Å². The molecule has 7 heteroatoms. The minimum Gasteiger partial charge on any atom is -0.369 e. The quantitative estimate of drug-likeness (QED) is 0.691. The van der Waals surface area contributed by atoms with Gasteiger partial charge in [-0.05, 0) is 31.2 Å². The summed E-state index contributed by atoms with van der Waals surface area (Å²) in [6, 6.07) is 9.83. The van der Waals surface area contributed by atoms with Gasteiger partial charge in [0.1, 0.15) is 11.9 Å². The molecular formula is C18H17ClN4OS. The third kappa shape index (κ3) is 3.66. The molecule has 1 aliphatic heterocycles. The molecule has 0 radical (unpaired) electrons. The fraction of sp³-hybridized carbons (Fsp3) is 0.278. The molecule has 4 heterocycles. The van der Waals surface area contributed by atoms with Crippen LogP contribution < -0.4 is 4.90 Å². The molecule has 25 heavy (non-hydrogen) atoms. The van der Waals surface area contributed by atoms with Crippen molar-refractivity contribution >= 4 is 28.8 Å². The van der Waals surface area contributed by atoms with Crippen molar-refractivity contribution in [2.75, 3.05) is 24.6 Å². The van der Waals surface area contributed by atoms with Gasteiger partial charge in [0.25, 0.3) is 0 Å². The predicted molar refractivity (Wildman–Crippen MR) is 100 cm³/mol. The topological polar surface area (TPSA) is 51.1 Å². The lowest BCUT2D eigenvalue weighted by atomic mass is 10.2. The molecule has 1 unspecified atom stereocenters. The number of morpholine rings is 1. The summed E-state index contributed by atoms with van der Waals surface area (Å²) in [6.07, 6.45) is 3.53. The molecule has 0 amide bonds. The van der Waals surface area contributed by atoms with Crippen LogP contribution >= 0.6 is 22.9 Å². The molecule has 0 aliphatic carbocycles. The lowest BCUT2D eigenvalue weighted by Gasteiger charge is -2.33. The summed E-state index contributed by atoms with van der Waals surface area (Å²) in [6.45, 7) is 4.21. The Kier molecular flexibility index (Phi) is 4.65. The zero-order valence-corrected chi connectivity index (χ0v) is 15.3. The van der Waals surface area contributed by atoms with E-state index in [9.17, 15) is 0 Å². The standard InChI is InChI=1S/C18H17ClN4OS/c1-12-10-17(22-18(21-12)13-4-6-20-7-5-13)23-8-9-24-14(11-23)15-2-3-16(19)25-15/h2-7,10,14H,8-9,11H2,1H3. The van der Waals surface area contributed by atoms with Crippen molar-refractivity contribution in [1.82, 2.24) is 15.0 Å². The highest BCUT2D eigenvalue weighted by Gasteiger charge is 2.24. The number of halogens is 1. The Balaban J connectivity index is 1.61. The first-order valence-corrected chi connectivity index (χ1v) is 9.26. The number of nitrogens with zero attached hydrogens (tertiary/aromatic N) is 4. The number of hydrogen-bond donors (Lipinski definition) is 0. The van der Waals surface area contributed by atoms with E-state index in [0.717, 1.165) is 45.2 Å². The SMILES string of the molecule is Cc1cc(N2CCOC(c3ccc(Cl)s3)C2)nc(-c2ccncc2)n1. The first kappa shape index (κ1) is 16.4. The fourth-order valence-electron chi connectivity index (χ4n) is 2.87. The van der Waals surface area contributed by atoms with Gasteiger partial charge in [0.2, 0.25) is 0 Å². The van der Waals surface area contributed by atoms with E-state index in [1.165, 1.54) is 0 Å². The smallest absolute Gasteiger partial charge is 0.161 e. The van der Waals surface area contributed by atoms with Crippen molar-refractivity contribution in [3.63, 3.8) is 0 Å². The van der Waals surface area contributed by atoms with E-state index in [0.29, 0.717) is 6.61 Å². The third-order valence-electron chi connectivity index (χ3n) is 4.08. The van der Waals surface area contributed by atoms with Crippen LogP contribution in [0.2, 0.25) is 4.34 Å². The molecule has 0 aromatic carbocycles. The van der Waals surface area contributed by atoms with E-state index in [1.54, 1.807) is 23.7 Å². The lowest BCUT2D eigenvalue weighted by molar-refractivity contribution is 0.0418. The summed E-state index contributed by atoms with van der Waals surface area (Å²) in [5, 5.41) is 0. The normalized spacial score (nSPS) is 17.7. The van der Waals surface area contributed by atoms with Gasteiger partial charge < -0.3 is 9.64 Å². The number of rotatable bonds is 3. The van der Waals surface area contributed by atoms with E-state index in [-0.39, 0.29) is 6.10 Å². The second kappa shape index (κ2) is 7.07. The summed E-state index contributed by atoms with van der Waals surface area (Å²) >= 11 is 7.63. The minimum absolute atomic E-state index is 0.0193. The van der Waals surface area contributed by atoms with E-state index < -0.39 is 0 Å². The maximum absolute atomic E-state index is 6.07. The average molecular weight is 373 g/mol. The Hall–Kier alpha value is -2.02. The summed E-state index contributed by atoms with van der Waals surface area (Å²) in [5.74, 6) is 1.65. The number of anilines is 1. The van der Waals surface area contributed by atoms with Crippen molar-refractivity contribution in [1.29, 1.82) is 0 Å². The highest BCUT2D eigenvalue weighted by Crippen LogP contribution is 2.32. The number of pyridine rings is 1. The molecular weight excluding hydrogens is 356 g/mol. The predicted octanol–water partition coefficient (Wildman–Crippen LogP) is 4.14. The molecule has 128 valence electrons. The monoisotopic (exact) mass is 372 g/mol. The highest BCUT2D eigenvalue weighted by molar-refractivity contribution is 7.16. The summed E-state index contributed by atoms with van der Waals surface area (Å²) in [7, 11) is 0. The van der Waals surface area contributed by atoms with Gasteiger partial charge in [-0.1, -0.05) is 11.6 Å². The van der Waals surface area contributed by atoms with E-state index in [1.807, 2.05) is 37.3 Å². The zero-order valence-electron chi connectivity index (χ0n) is 13.7. The Labute approximate surface area is 155 Å². The van der Waals surface area contributed by atoms with Gasteiger partial charge in [-0.15, -0.1) is 11.3 Å². The highest BCUT2D eigenvalue weighted by atomic mass is 35.5. The Morgan fingerprint density at radius 3 is 2.80 bits per heavy atom. The van der Waals surface area contributed by atoms with Crippen LogP contribution in [0.15, 0.2) is 42.7 Å². The fourth-order valence-corrected chi connectivity index (χ4v) is 3.98. The Morgan fingerprint density at radius 2 is 2.04 bits per heavy atom. The lowest BCUT2D eigenvalue weighted by Crippen LogP contribution is -2.38. The first-order chi connectivity index (χ1) is 12.2. The summed E-state index contributed by atoms with van der Waals surface area (Å²) in [4.78, 5) is 16.8. The molecule has 3 aromatic heterocycles. The van der Waals surface area contributed by atoms with Crippen LogP contribution in [0.4, 0.5) is 5.82 Å². The number of ether oxygens (including phenoxy) is 1. The maximum Gasteiger partial charge on any atom is 0.161 e. The Morgan fingerprint density at radius 1 is 1.20 bits per heavy atom. The van der Waals surface area contributed by atoms with E-state index in [2.05, 4.69) is 14.9 Å². The molecule has 4 rings (SSSR count). The first-order valence-electron chi connectivity index (χ1n) is 8.07. The molecule has 0 bridgehead atoms. The van der Waals surface area contributed by atoms with Gasteiger partial charge in [-0.25, -0.2) is 9.97 Å².